The molecule has 0 radical (unpaired) electrons. The Morgan fingerprint density at radius 2 is 2.05 bits per heavy atom. The summed E-state index contributed by atoms with van der Waals surface area (Å²) in [7, 11) is 1.42. The molecule has 1 atom stereocenters. The normalized spacial score (nSPS) is 19.7. The highest BCUT2D eigenvalue weighted by molar-refractivity contribution is 5.75. The maximum Gasteiger partial charge on any atom is 0.407 e. The van der Waals surface area contributed by atoms with E-state index in [1.807, 2.05) is 18.2 Å². The van der Waals surface area contributed by atoms with Crippen LogP contribution in [0.15, 0.2) is 24.3 Å². The second-order valence-electron chi connectivity index (χ2n) is 5.39. The minimum absolute atomic E-state index is 0.0324. The smallest absolute Gasteiger partial charge is 0.407 e. The number of ether oxygens (including phenoxy) is 1. The number of carbonyl (C=O) groups excluding carboxylic acids is 1. The van der Waals surface area contributed by atoms with Gasteiger partial charge in [-0.2, -0.15) is 0 Å². The summed E-state index contributed by atoms with van der Waals surface area (Å²) in [5, 5.41) is 11.8. The topological polar surface area (TPSA) is 78.9 Å². The van der Waals surface area contributed by atoms with Crippen molar-refractivity contribution in [2.45, 2.75) is 31.8 Å². The minimum Gasteiger partial charge on any atom is -0.468 e. The SMILES string of the molecule is COC(=O)C1CCCN1.O=C(O)N1CCc2ccccc2C1. The number of hydrogen-bond acceptors (Lipinski definition) is 4. The van der Waals surface area contributed by atoms with E-state index in [1.54, 1.807) is 0 Å². The van der Waals surface area contributed by atoms with Crippen molar-refractivity contribution in [3.63, 3.8) is 0 Å². The number of fused-ring (bicyclic) bond motifs is 1. The number of nitrogens with one attached hydrogen (secondary N) is 1. The maximum absolute atomic E-state index is 10.7. The van der Waals surface area contributed by atoms with Gasteiger partial charge < -0.3 is 20.1 Å². The zero-order valence-corrected chi connectivity index (χ0v) is 12.7. The highest BCUT2D eigenvalue weighted by atomic mass is 16.5. The van der Waals surface area contributed by atoms with Crippen LogP contribution in [0.25, 0.3) is 0 Å². The molecule has 1 aromatic carbocycles. The fourth-order valence-electron chi connectivity index (χ4n) is 2.69. The Kier molecular flexibility index (Phi) is 5.77. The predicted octanol–water partition coefficient (Wildman–Crippen LogP) is 1.63. The molecule has 0 spiro atoms. The fraction of sp³-hybridized carbons (Fsp3) is 0.500. The molecule has 1 unspecified atom stereocenters. The van der Waals surface area contributed by atoms with Crippen LogP contribution in [0.4, 0.5) is 4.79 Å². The highest BCUT2D eigenvalue weighted by Gasteiger charge is 2.22. The molecule has 3 rings (SSSR count). The van der Waals surface area contributed by atoms with E-state index in [9.17, 15) is 9.59 Å². The summed E-state index contributed by atoms with van der Waals surface area (Å²) in [6.07, 6.45) is 2.02. The Morgan fingerprint density at radius 1 is 1.32 bits per heavy atom. The first-order valence-electron chi connectivity index (χ1n) is 7.47. The molecule has 2 aliphatic rings. The lowest BCUT2D eigenvalue weighted by atomic mass is 10.0. The first-order valence-corrected chi connectivity index (χ1v) is 7.47. The molecule has 0 saturated carbocycles. The van der Waals surface area contributed by atoms with Gasteiger partial charge in [0.15, 0.2) is 0 Å². The van der Waals surface area contributed by atoms with Gasteiger partial charge in [-0.1, -0.05) is 24.3 Å². The fourth-order valence-corrected chi connectivity index (χ4v) is 2.69. The first-order chi connectivity index (χ1) is 10.6. The van der Waals surface area contributed by atoms with Crippen LogP contribution < -0.4 is 5.32 Å². The predicted molar refractivity (Wildman–Crippen MR) is 81.6 cm³/mol. The number of hydrogen-bond donors (Lipinski definition) is 2. The van der Waals surface area contributed by atoms with E-state index in [1.165, 1.54) is 17.6 Å². The largest absolute Gasteiger partial charge is 0.468 e. The second-order valence-corrected chi connectivity index (χ2v) is 5.39. The van der Waals surface area contributed by atoms with E-state index in [2.05, 4.69) is 16.1 Å². The van der Waals surface area contributed by atoms with E-state index >= 15 is 0 Å². The number of carbonyl (C=O) groups is 2. The van der Waals surface area contributed by atoms with E-state index in [0.717, 1.165) is 31.4 Å². The van der Waals surface area contributed by atoms with Gasteiger partial charge in [-0.15, -0.1) is 0 Å². The van der Waals surface area contributed by atoms with Gasteiger partial charge in [0, 0.05) is 13.1 Å². The standard InChI is InChI=1S/C10H11NO2.C6H11NO2/c12-10(13)11-6-5-8-3-1-2-4-9(8)7-11;1-9-6(8)5-3-2-4-7-5/h1-4H,5-7H2,(H,12,13);5,7H,2-4H2,1H3. The number of amides is 1. The number of esters is 1. The van der Waals surface area contributed by atoms with Gasteiger partial charge in [-0.05, 0) is 36.9 Å². The summed E-state index contributed by atoms with van der Waals surface area (Å²) < 4.78 is 4.53. The first kappa shape index (κ1) is 16.3. The van der Waals surface area contributed by atoms with Crippen molar-refractivity contribution in [2.24, 2.45) is 0 Å². The van der Waals surface area contributed by atoms with Crippen LogP contribution in [0, 0.1) is 0 Å². The van der Waals surface area contributed by atoms with Crippen molar-refractivity contribution in [1.82, 2.24) is 10.2 Å². The van der Waals surface area contributed by atoms with Gasteiger partial charge in [0.2, 0.25) is 0 Å². The lowest BCUT2D eigenvalue weighted by Crippen LogP contribution is -2.34. The van der Waals surface area contributed by atoms with Gasteiger partial charge in [-0.3, -0.25) is 4.79 Å². The molecule has 1 saturated heterocycles. The zero-order valence-electron chi connectivity index (χ0n) is 12.7. The number of methoxy groups -OCH3 is 1. The second kappa shape index (κ2) is 7.79. The van der Waals surface area contributed by atoms with E-state index < -0.39 is 6.09 Å². The molecule has 2 heterocycles. The number of carboxylic acid groups (broad SMARTS) is 1. The number of nitrogens with zero attached hydrogens (tertiary/aromatic N) is 1. The van der Waals surface area contributed by atoms with Crippen LogP contribution in [-0.4, -0.2) is 48.3 Å². The quantitative estimate of drug-likeness (QED) is 0.771. The monoisotopic (exact) mass is 306 g/mol. The van der Waals surface area contributed by atoms with Crippen LogP contribution in [0.2, 0.25) is 0 Å². The Balaban J connectivity index is 0.000000172. The Morgan fingerprint density at radius 3 is 2.64 bits per heavy atom. The minimum atomic E-state index is -0.825. The van der Waals surface area contributed by atoms with Crippen LogP contribution in [0.5, 0.6) is 0 Å². The molecule has 22 heavy (non-hydrogen) atoms. The van der Waals surface area contributed by atoms with Crippen LogP contribution in [0.1, 0.15) is 24.0 Å². The molecule has 2 aliphatic heterocycles. The molecule has 1 aromatic rings. The molecule has 0 aliphatic carbocycles. The summed E-state index contributed by atoms with van der Waals surface area (Å²) in [5.74, 6) is -0.132. The Labute approximate surface area is 130 Å². The zero-order chi connectivity index (χ0) is 15.9. The lowest BCUT2D eigenvalue weighted by Gasteiger charge is -2.26. The average molecular weight is 306 g/mol. The Bertz CT molecular complexity index is 527. The third-order valence-corrected chi connectivity index (χ3v) is 3.95. The van der Waals surface area contributed by atoms with Crippen molar-refractivity contribution < 1.29 is 19.4 Å². The summed E-state index contributed by atoms with van der Waals surface area (Å²) in [5.41, 5.74) is 2.41. The molecular weight excluding hydrogens is 284 g/mol. The van der Waals surface area contributed by atoms with Gasteiger partial charge in [0.05, 0.1) is 7.11 Å². The Hall–Kier alpha value is -2.08. The molecule has 1 fully saturated rings. The van der Waals surface area contributed by atoms with Crippen molar-refractivity contribution in [3.05, 3.63) is 35.4 Å². The molecule has 1 amide bonds. The molecule has 6 nitrogen and oxygen atoms in total. The number of benzene rings is 1. The van der Waals surface area contributed by atoms with Gasteiger partial charge >= 0.3 is 12.1 Å². The highest BCUT2D eigenvalue weighted by Crippen LogP contribution is 2.17. The van der Waals surface area contributed by atoms with Gasteiger partial charge in [0.1, 0.15) is 6.04 Å². The van der Waals surface area contributed by atoms with Gasteiger partial charge in [0.25, 0.3) is 0 Å². The van der Waals surface area contributed by atoms with Crippen molar-refractivity contribution >= 4 is 12.1 Å². The molecule has 6 heteroatoms. The van der Waals surface area contributed by atoms with Crippen molar-refractivity contribution in [3.8, 4) is 0 Å². The maximum atomic E-state index is 10.7. The summed E-state index contributed by atoms with van der Waals surface area (Å²) in [6.45, 7) is 2.09. The molecule has 0 aromatic heterocycles. The van der Waals surface area contributed by atoms with E-state index in [4.69, 9.17) is 5.11 Å². The summed E-state index contributed by atoms with van der Waals surface area (Å²) in [6, 6.07) is 7.97. The van der Waals surface area contributed by atoms with Crippen LogP contribution in [0.3, 0.4) is 0 Å². The van der Waals surface area contributed by atoms with E-state index in [-0.39, 0.29) is 12.0 Å². The van der Waals surface area contributed by atoms with Crippen molar-refractivity contribution in [2.75, 3.05) is 20.2 Å². The third-order valence-electron chi connectivity index (χ3n) is 3.95. The summed E-state index contributed by atoms with van der Waals surface area (Å²) in [4.78, 5) is 22.9. The molecule has 120 valence electrons. The van der Waals surface area contributed by atoms with Crippen LogP contribution >= 0.6 is 0 Å². The van der Waals surface area contributed by atoms with Gasteiger partial charge in [-0.25, -0.2) is 4.79 Å². The summed E-state index contributed by atoms with van der Waals surface area (Å²) >= 11 is 0. The average Bonchev–Trinajstić information content (AvgIpc) is 3.08. The van der Waals surface area contributed by atoms with E-state index in [0.29, 0.717) is 13.1 Å². The molecule has 2 N–H and O–H groups in total. The molecular formula is C16H22N2O4. The third kappa shape index (κ3) is 4.21. The number of rotatable bonds is 1. The van der Waals surface area contributed by atoms with Crippen LogP contribution in [-0.2, 0) is 22.5 Å². The van der Waals surface area contributed by atoms with Crippen molar-refractivity contribution in [1.29, 1.82) is 0 Å². The molecule has 0 bridgehead atoms. The lowest BCUT2D eigenvalue weighted by molar-refractivity contribution is -0.142.